The van der Waals surface area contributed by atoms with Gasteiger partial charge in [-0.2, -0.15) is 0 Å². The molecule has 28 heavy (non-hydrogen) atoms. The molecular formula is C19H40IN5O3. The lowest BCUT2D eigenvalue weighted by atomic mass is 9.93. The molecule has 0 saturated heterocycles. The van der Waals surface area contributed by atoms with Gasteiger partial charge in [0.25, 0.3) is 0 Å². The monoisotopic (exact) mass is 513 g/mol. The molecule has 4 N–H and O–H groups in total. The lowest BCUT2D eigenvalue weighted by Gasteiger charge is -2.34. The summed E-state index contributed by atoms with van der Waals surface area (Å²) >= 11 is 0. The van der Waals surface area contributed by atoms with Crippen molar-refractivity contribution in [1.82, 2.24) is 21.3 Å². The Balaban J connectivity index is 0. The Hall–Kier alpha value is -1.26. The van der Waals surface area contributed by atoms with Crippen LogP contribution in [0.5, 0.6) is 0 Å². The SMILES string of the molecule is CCC(CC)(CNC(=NC)NCC(=O)NC(C)(C)C)NC(=O)OC(C)(C)C.I. The first-order valence-corrected chi connectivity index (χ1v) is 9.52. The maximum Gasteiger partial charge on any atom is 0.408 e. The van der Waals surface area contributed by atoms with Crippen molar-refractivity contribution in [3.8, 4) is 0 Å². The van der Waals surface area contributed by atoms with Gasteiger partial charge in [-0.1, -0.05) is 13.8 Å². The van der Waals surface area contributed by atoms with Gasteiger partial charge < -0.3 is 26.0 Å². The van der Waals surface area contributed by atoms with Crippen LogP contribution in [0, 0.1) is 0 Å². The number of nitrogens with one attached hydrogen (secondary N) is 4. The molecule has 0 atom stereocenters. The summed E-state index contributed by atoms with van der Waals surface area (Å²) in [5, 5.41) is 12.0. The molecule has 0 aromatic carbocycles. The van der Waals surface area contributed by atoms with Gasteiger partial charge in [-0.15, -0.1) is 24.0 Å². The molecule has 0 spiro atoms. The Morgan fingerprint density at radius 2 is 1.46 bits per heavy atom. The minimum Gasteiger partial charge on any atom is -0.444 e. The zero-order valence-electron chi connectivity index (χ0n) is 18.9. The Morgan fingerprint density at radius 1 is 0.929 bits per heavy atom. The first kappa shape index (κ1) is 28.9. The Labute approximate surface area is 187 Å². The Morgan fingerprint density at radius 3 is 1.86 bits per heavy atom. The van der Waals surface area contributed by atoms with Crippen LogP contribution in [-0.2, 0) is 9.53 Å². The summed E-state index contributed by atoms with van der Waals surface area (Å²) in [4.78, 5) is 28.3. The van der Waals surface area contributed by atoms with Gasteiger partial charge in [0, 0.05) is 19.1 Å². The first-order valence-electron chi connectivity index (χ1n) is 9.52. The van der Waals surface area contributed by atoms with E-state index in [-0.39, 0.29) is 42.0 Å². The summed E-state index contributed by atoms with van der Waals surface area (Å²) in [7, 11) is 1.64. The van der Waals surface area contributed by atoms with E-state index in [1.165, 1.54) is 0 Å². The second-order valence-corrected chi connectivity index (χ2v) is 8.69. The van der Waals surface area contributed by atoms with Crippen LogP contribution in [0.1, 0.15) is 68.2 Å². The van der Waals surface area contributed by atoms with Crippen LogP contribution in [0.2, 0.25) is 0 Å². The molecule has 0 aromatic rings. The molecule has 0 unspecified atom stereocenters. The Kier molecular flexibility index (Phi) is 12.8. The van der Waals surface area contributed by atoms with Gasteiger partial charge in [0.1, 0.15) is 5.60 Å². The predicted octanol–water partition coefficient (Wildman–Crippen LogP) is 2.77. The number of carbonyl (C=O) groups excluding carboxylic acids is 2. The molecule has 0 aliphatic heterocycles. The quantitative estimate of drug-likeness (QED) is 0.238. The van der Waals surface area contributed by atoms with Crippen LogP contribution >= 0.6 is 24.0 Å². The van der Waals surface area contributed by atoms with E-state index in [9.17, 15) is 9.59 Å². The third-order valence-corrected chi connectivity index (χ3v) is 3.87. The summed E-state index contributed by atoms with van der Waals surface area (Å²) < 4.78 is 5.38. The van der Waals surface area contributed by atoms with E-state index in [4.69, 9.17) is 4.74 Å². The van der Waals surface area contributed by atoms with Crippen molar-refractivity contribution in [2.24, 2.45) is 4.99 Å². The number of guanidine groups is 1. The molecule has 0 heterocycles. The van der Waals surface area contributed by atoms with Crippen molar-refractivity contribution in [3.05, 3.63) is 0 Å². The third kappa shape index (κ3) is 13.0. The highest BCUT2D eigenvalue weighted by atomic mass is 127. The molecule has 0 rings (SSSR count). The number of hydrogen-bond donors (Lipinski definition) is 4. The number of amides is 2. The lowest BCUT2D eigenvalue weighted by Crippen LogP contribution is -2.57. The molecular weight excluding hydrogens is 473 g/mol. The second kappa shape index (κ2) is 12.3. The summed E-state index contributed by atoms with van der Waals surface area (Å²) in [5.74, 6) is 0.380. The molecule has 0 radical (unpaired) electrons. The van der Waals surface area contributed by atoms with Gasteiger partial charge in [0.15, 0.2) is 5.96 Å². The van der Waals surface area contributed by atoms with Crippen LogP contribution in [0.25, 0.3) is 0 Å². The van der Waals surface area contributed by atoms with Gasteiger partial charge in [0.05, 0.1) is 12.1 Å². The second-order valence-electron chi connectivity index (χ2n) is 8.69. The summed E-state index contributed by atoms with van der Waals surface area (Å²) in [5.41, 5.74) is -1.32. The number of ether oxygens (including phenoxy) is 1. The minimum atomic E-state index is -0.553. The van der Waals surface area contributed by atoms with Gasteiger partial charge >= 0.3 is 6.09 Å². The number of rotatable bonds is 7. The zero-order chi connectivity index (χ0) is 21.3. The standard InChI is InChI=1S/C19H39N5O3.HI/c1-10-19(11-2,24-16(26)27-18(6,7)8)13-22-15(20-9)21-12-14(25)23-17(3,4)5;/h10-13H2,1-9H3,(H,23,25)(H,24,26)(H2,20,21,22);1H. The molecule has 0 bridgehead atoms. The molecule has 8 nitrogen and oxygen atoms in total. The van der Waals surface area contributed by atoms with Crippen molar-refractivity contribution in [2.45, 2.75) is 84.9 Å². The minimum absolute atomic E-state index is 0. The number of carbonyl (C=O) groups is 2. The van der Waals surface area contributed by atoms with Crippen LogP contribution < -0.4 is 21.3 Å². The number of halogens is 1. The molecule has 166 valence electrons. The fourth-order valence-corrected chi connectivity index (χ4v) is 2.34. The normalized spacial score (nSPS) is 12.5. The van der Waals surface area contributed by atoms with Gasteiger partial charge in [0.2, 0.25) is 5.91 Å². The third-order valence-electron chi connectivity index (χ3n) is 3.87. The largest absolute Gasteiger partial charge is 0.444 e. The van der Waals surface area contributed by atoms with Crippen molar-refractivity contribution in [3.63, 3.8) is 0 Å². The van der Waals surface area contributed by atoms with Crippen LogP contribution in [0.15, 0.2) is 4.99 Å². The molecule has 0 aliphatic carbocycles. The maximum absolute atomic E-state index is 12.2. The van der Waals surface area contributed by atoms with Crippen molar-refractivity contribution in [2.75, 3.05) is 20.1 Å². The average Bonchev–Trinajstić information content (AvgIpc) is 2.50. The van der Waals surface area contributed by atoms with Crippen LogP contribution in [-0.4, -0.2) is 54.8 Å². The lowest BCUT2D eigenvalue weighted by molar-refractivity contribution is -0.121. The number of aliphatic imine (C=N–C) groups is 1. The summed E-state index contributed by atoms with van der Waals surface area (Å²) in [6, 6.07) is 0. The maximum atomic E-state index is 12.2. The summed E-state index contributed by atoms with van der Waals surface area (Å²) in [6.07, 6.45) is 0.995. The van der Waals surface area contributed by atoms with Crippen LogP contribution in [0.3, 0.4) is 0 Å². The van der Waals surface area contributed by atoms with E-state index in [0.717, 1.165) is 12.8 Å². The van der Waals surface area contributed by atoms with E-state index in [0.29, 0.717) is 12.5 Å². The van der Waals surface area contributed by atoms with Gasteiger partial charge in [-0.25, -0.2) is 4.79 Å². The molecule has 0 fully saturated rings. The predicted molar refractivity (Wildman–Crippen MR) is 125 cm³/mol. The number of alkyl carbamates (subject to hydrolysis) is 1. The topological polar surface area (TPSA) is 104 Å². The van der Waals surface area contributed by atoms with Crippen molar-refractivity contribution >= 4 is 41.9 Å². The fraction of sp³-hybridized carbons (Fsp3) is 0.842. The number of nitrogens with zero attached hydrogens (tertiary/aromatic N) is 1. The molecule has 0 saturated carbocycles. The van der Waals surface area contributed by atoms with Crippen molar-refractivity contribution < 1.29 is 14.3 Å². The van der Waals surface area contributed by atoms with E-state index in [1.807, 2.05) is 55.4 Å². The fourth-order valence-electron chi connectivity index (χ4n) is 2.34. The molecule has 0 aromatic heterocycles. The summed E-state index contributed by atoms with van der Waals surface area (Å²) in [6.45, 7) is 15.9. The Bertz CT molecular complexity index is 521. The first-order chi connectivity index (χ1) is 12.3. The van der Waals surface area contributed by atoms with E-state index in [1.54, 1.807) is 7.05 Å². The van der Waals surface area contributed by atoms with Crippen molar-refractivity contribution in [1.29, 1.82) is 0 Å². The highest BCUT2D eigenvalue weighted by molar-refractivity contribution is 14.0. The average molecular weight is 513 g/mol. The van der Waals surface area contributed by atoms with Crippen LogP contribution in [0.4, 0.5) is 4.79 Å². The molecule has 2 amide bonds. The highest BCUT2D eigenvalue weighted by Gasteiger charge is 2.30. The molecule has 9 heteroatoms. The highest BCUT2D eigenvalue weighted by Crippen LogP contribution is 2.16. The molecule has 0 aliphatic rings. The van der Waals surface area contributed by atoms with Gasteiger partial charge in [-0.05, 0) is 54.4 Å². The van der Waals surface area contributed by atoms with Gasteiger partial charge in [-0.3, -0.25) is 9.79 Å². The van der Waals surface area contributed by atoms with E-state index < -0.39 is 17.2 Å². The number of hydrogen-bond acceptors (Lipinski definition) is 4. The van der Waals surface area contributed by atoms with E-state index in [2.05, 4.69) is 26.3 Å². The zero-order valence-corrected chi connectivity index (χ0v) is 21.2. The van der Waals surface area contributed by atoms with E-state index >= 15 is 0 Å². The smallest absolute Gasteiger partial charge is 0.408 e.